The molecule has 2 fully saturated rings. The Bertz CT molecular complexity index is 539. The third-order valence-electron chi connectivity index (χ3n) is 4.38. The SMILES string of the molecule is Cc1nn(C)c(Cl)c1C1CCCN1C(=O)COCC1CC1. The maximum absolute atomic E-state index is 12.4. The molecule has 1 atom stereocenters. The van der Waals surface area contributed by atoms with Crippen LogP contribution in [0.2, 0.25) is 5.15 Å². The molecule has 5 nitrogen and oxygen atoms in total. The molecule has 2 aliphatic rings. The van der Waals surface area contributed by atoms with Crippen LogP contribution in [-0.4, -0.2) is 40.3 Å². The van der Waals surface area contributed by atoms with Crippen molar-refractivity contribution in [3.8, 4) is 0 Å². The third-order valence-corrected chi connectivity index (χ3v) is 4.83. The van der Waals surface area contributed by atoms with E-state index in [1.54, 1.807) is 4.68 Å². The van der Waals surface area contributed by atoms with Crippen molar-refractivity contribution in [1.29, 1.82) is 0 Å². The molecule has 6 heteroatoms. The molecule has 21 heavy (non-hydrogen) atoms. The van der Waals surface area contributed by atoms with Crippen LogP contribution in [0.4, 0.5) is 0 Å². The molecular formula is C15H22ClN3O2. The van der Waals surface area contributed by atoms with Crippen LogP contribution >= 0.6 is 11.6 Å². The lowest BCUT2D eigenvalue weighted by atomic mass is 10.1. The molecule has 1 saturated carbocycles. The Morgan fingerprint density at radius 1 is 1.43 bits per heavy atom. The molecule has 1 aliphatic carbocycles. The van der Waals surface area contributed by atoms with Gasteiger partial charge in [0.1, 0.15) is 11.8 Å². The molecule has 0 spiro atoms. The van der Waals surface area contributed by atoms with Gasteiger partial charge in [0.25, 0.3) is 0 Å². The van der Waals surface area contributed by atoms with Crippen molar-refractivity contribution in [2.24, 2.45) is 13.0 Å². The van der Waals surface area contributed by atoms with E-state index in [4.69, 9.17) is 16.3 Å². The molecule has 2 heterocycles. The topological polar surface area (TPSA) is 47.4 Å². The summed E-state index contributed by atoms with van der Waals surface area (Å²) < 4.78 is 7.21. The van der Waals surface area contributed by atoms with E-state index in [0.29, 0.717) is 11.1 Å². The Morgan fingerprint density at radius 3 is 2.81 bits per heavy atom. The van der Waals surface area contributed by atoms with Crippen LogP contribution in [0.5, 0.6) is 0 Å². The Hall–Kier alpha value is -1.07. The molecule has 1 saturated heterocycles. The molecule has 1 aromatic heterocycles. The summed E-state index contributed by atoms with van der Waals surface area (Å²) in [5.41, 5.74) is 1.90. The lowest BCUT2D eigenvalue weighted by Gasteiger charge is -2.25. The first-order valence-electron chi connectivity index (χ1n) is 7.64. The minimum absolute atomic E-state index is 0.0447. The van der Waals surface area contributed by atoms with Crippen molar-refractivity contribution in [3.05, 3.63) is 16.4 Å². The first kappa shape index (κ1) is 14.9. The number of carbonyl (C=O) groups is 1. The van der Waals surface area contributed by atoms with Gasteiger partial charge < -0.3 is 9.64 Å². The van der Waals surface area contributed by atoms with Crippen molar-refractivity contribution < 1.29 is 9.53 Å². The van der Waals surface area contributed by atoms with Gasteiger partial charge in [0, 0.05) is 19.2 Å². The number of rotatable bonds is 5. The van der Waals surface area contributed by atoms with Crippen LogP contribution in [0.15, 0.2) is 0 Å². The van der Waals surface area contributed by atoms with E-state index in [-0.39, 0.29) is 18.6 Å². The number of halogens is 1. The number of carbonyl (C=O) groups excluding carboxylic acids is 1. The Morgan fingerprint density at radius 2 is 2.19 bits per heavy atom. The molecule has 3 rings (SSSR count). The first-order valence-corrected chi connectivity index (χ1v) is 8.02. The van der Waals surface area contributed by atoms with Gasteiger partial charge in [0.2, 0.25) is 5.91 Å². The fourth-order valence-electron chi connectivity index (χ4n) is 3.07. The average Bonchev–Trinajstić information content (AvgIpc) is 3.07. The molecule has 1 aromatic rings. The highest BCUT2D eigenvalue weighted by atomic mass is 35.5. The molecule has 0 aromatic carbocycles. The van der Waals surface area contributed by atoms with Crippen molar-refractivity contribution >= 4 is 17.5 Å². The van der Waals surface area contributed by atoms with Gasteiger partial charge in [-0.15, -0.1) is 0 Å². The van der Waals surface area contributed by atoms with Crippen LogP contribution in [0.3, 0.4) is 0 Å². The molecule has 1 aliphatic heterocycles. The van der Waals surface area contributed by atoms with Crippen LogP contribution in [0.25, 0.3) is 0 Å². The van der Waals surface area contributed by atoms with Crippen LogP contribution in [0, 0.1) is 12.8 Å². The van der Waals surface area contributed by atoms with Crippen LogP contribution < -0.4 is 0 Å². The second kappa shape index (κ2) is 5.97. The molecule has 0 N–H and O–H groups in total. The second-order valence-electron chi connectivity index (χ2n) is 6.12. The van der Waals surface area contributed by atoms with Gasteiger partial charge in [-0.2, -0.15) is 5.10 Å². The van der Waals surface area contributed by atoms with E-state index < -0.39 is 0 Å². The van der Waals surface area contributed by atoms with Gasteiger partial charge in [-0.05, 0) is 38.5 Å². The summed E-state index contributed by atoms with van der Waals surface area (Å²) >= 11 is 6.35. The lowest BCUT2D eigenvalue weighted by molar-refractivity contribution is -0.137. The number of nitrogens with zero attached hydrogens (tertiary/aromatic N) is 3. The molecule has 1 amide bonds. The zero-order valence-corrected chi connectivity index (χ0v) is 13.4. The molecular weight excluding hydrogens is 290 g/mol. The minimum Gasteiger partial charge on any atom is -0.371 e. The monoisotopic (exact) mass is 311 g/mol. The maximum atomic E-state index is 12.4. The van der Waals surface area contributed by atoms with Crippen molar-refractivity contribution in [3.63, 3.8) is 0 Å². The highest BCUT2D eigenvalue weighted by Crippen LogP contribution is 2.37. The normalized spacial score (nSPS) is 22.0. The predicted molar refractivity (Wildman–Crippen MR) is 80.2 cm³/mol. The van der Waals surface area contributed by atoms with Gasteiger partial charge in [-0.3, -0.25) is 9.48 Å². The van der Waals surface area contributed by atoms with E-state index >= 15 is 0 Å². The van der Waals surface area contributed by atoms with Crippen LogP contribution in [-0.2, 0) is 16.6 Å². The zero-order chi connectivity index (χ0) is 15.0. The van der Waals surface area contributed by atoms with E-state index in [1.165, 1.54) is 12.8 Å². The minimum atomic E-state index is 0.0447. The summed E-state index contributed by atoms with van der Waals surface area (Å²) in [7, 11) is 1.83. The summed E-state index contributed by atoms with van der Waals surface area (Å²) in [5, 5.41) is 4.99. The Balaban J connectivity index is 1.67. The van der Waals surface area contributed by atoms with E-state index in [1.807, 2.05) is 18.9 Å². The number of ether oxygens (including phenoxy) is 1. The zero-order valence-electron chi connectivity index (χ0n) is 12.6. The van der Waals surface area contributed by atoms with Gasteiger partial charge in [0.15, 0.2) is 0 Å². The summed E-state index contributed by atoms with van der Waals surface area (Å²) in [6, 6.07) is 0.0447. The van der Waals surface area contributed by atoms with Crippen molar-refractivity contribution in [1.82, 2.24) is 14.7 Å². The number of amides is 1. The van der Waals surface area contributed by atoms with Gasteiger partial charge >= 0.3 is 0 Å². The second-order valence-corrected chi connectivity index (χ2v) is 6.48. The smallest absolute Gasteiger partial charge is 0.249 e. The standard InChI is InChI=1S/C15H22ClN3O2/c1-10-14(15(16)18(2)17-10)12-4-3-7-19(12)13(20)9-21-8-11-5-6-11/h11-12H,3-9H2,1-2H3. The third kappa shape index (κ3) is 3.09. The fourth-order valence-corrected chi connectivity index (χ4v) is 3.37. The van der Waals surface area contributed by atoms with Gasteiger partial charge in [-0.25, -0.2) is 0 Å². The quantitative estimate of drug-likeness (QED) is 0.839. The lowest BCUT2D eigenvalue weighted by Crippen LogP contribution is -2.34. The summed E-state index contributed by atoms with van der Waals surface area (Å²) in [6.07, 6.45) is 4.43. The van der Waals surface area contributed by atoms with Crippen molar-refractivity contribution in [2.75, 3.05) is 19.8 Å². The molecule has 0 radical (unpaired) electrons. The Labute approximate surface area is 130 Å². The average molecular weight is 312 g/mol. The van der Waals surface area contributed by atoms with Gasteiger partial charge in [0.05, 0.1) is 18.3 Å². The number of hydrogen-bond donors (Lipinski definition) is 0. The van der Waals surface area contributed by atoms with Crippen LogP contribution in [0.1, 0.15) is 43.0 Å². The van der Waals surface area contributed by atoms with Crippen molar-refractivity contribution in [2.45, 2.75) is 38.6 Å². The summed E-state index contributed by atoms with van der Waals surface area (Å²) in [4.78, 5) is 14.3. The molecule has 116 valence electrons. The number of likely N-dealkylation sites (tertiary alicyclic amines) is 1. The summed E-state index contributed by atoms with van der Waals surface area (Å²) in [6.45, 7) is 3.63. The molecule has 1 unspecified atom stereocenters. The highest BCUT2D eigenvalue weighted by Gasteiger charge is 2.34. The summed E-state index contributed by atoms with van der Waals surface area (Å²) in [5.74, 6) is 0.750. The number of aromatic nitrogens is 2. The maximum Gasteiger partial charge on any atom is 0.249 e. The molecule has 0 bridgehead atoms. The van der Waals surface area contributed by atoms with E-state index in [2.05, 4.69) is 5.10 Å². The Kier molecular flexibility index (Phi) is 4.22. The first-order chi connectivity index (χ1) is 10.1. The largest absolute Gasteiger partial charge is 0.371 e. The fraction of sp³-hybridized carbons (Fsp3) is 0.733. The number of aryl methyl sites for hydroxylation is 2. The predicted octanol–water partition coefficient (Wildman–Crippen LogP) is 2.47. The van der Waals surface area contributed by atoms with Gasteiger partial charge in [-0.1, -0.05) is 11.6 Å². The van der Waals surface area contributed by atoms with E-state index in [9.17, 15) is 4.79 Å². The van der Waals surface area contributed by atoms with E-state index in [0.717, 1.165) is 37.3 Å². The number of hydrogen-bond acceptors (Lipinski definition) is 3. The highest BCUT2D eigenvalue weighted by molar-refractivity contribution is 6.30.